The van der Waals surface area contributed by atoms with E-state index in [2.05, 4.69) is 15.1 Å². The predicted molar refractivity (Wildman–Crippen MR) is 133 cm³/mol. The van der Waals surface area contributed by atoms with Gasteiger partial charge in [0.2, 0.25) is 5.91 Å². The van der Waals surface area contributed by atoms with E-state index in [9.17, 15) is 9.18 Å². The topological polar surface area (TPSA) is 48.5 Å². The number of nitrogens with zero attached hydrogens (tertiary/aromatic N) is 3. The van der Waals surface area contributed by atoms with Crippen LogP contribution in [-0.4, -0.2) is 60.8 Å². The van der Waals surface area contributed by atoms with Gasteiger partial charge in [-0.3, -0.25) is 9.69 Å². The van der Waals surface area contributed by atoms with Gasteiger partial charge < -0.3 is 10.2 Å². The van der Waals surface area contributed by atoms with E-state index >= 15 is 0 Å². The van der Waals surface area contributed by atoms with Crippen LogP contribution in [0.3, 0.4) is 0 Å². The van der Waals surface area contributed by atoms with Crippen LogP contribution in [0.4, 0.5) is 9.52 Å². The van der Waals surface area contributed by atoms with Gasteiger partial charge in [-0.1, -0.05) is 22.9 Å². The zero-order valence-electron chi connectivity index (χ0n) is 17.9. The molecule has 0 spiro atoms. The molecule has 2 aromatic carbocycles. The number of thioether (sulfide) groups is 1. The van der Waals surface area contributed by atoms with Crippen molar-refractivity contribution in [2.24, 2.45) is 0 Å². The van der Waals surface area contributed by atoms with Gasteiger partial charge >= 0.3 is 0 Å². The number of benzene rings is 2. The van der Waals surface area contributed by atoms with Crippen LogP contribution in [0.5, 0.6) is 0 Å². The first-order chi connectivity index (χ1) is 15.5. The number of aryl methyl sites for hydroxylation is 1. The number of hydrogen-bond acceptors (Lipinski definition) is 6. The zero-order valence-corrected chi connectivity index (χ0v) is 20.3. The molecule has 32 heavy (non-hydrogen) atoms. The predicted octanol–water partition coefficient (Wildman–Crippen LogP) is 4.82. The Morgan fingerprint density at radius 1 is 1.19 bits per heavy atom. The second kappa shape index (κ2) is 10.8. The van der Waals surface area contributed by atoms with Crippen LogP contribution < -0.4 is 10.2 Å². The standard InChI is InChI=1S/C23H26ClFN4OS2/c1-16-19(24)6-7-20-22(16)27-23(32-20)29-13-11-28(12-14-29)10-9-26-21(30)8-15-31-18-4-2-17(25)3-5-18/h2-7H,8-15H2,1H3,(H,26,30). The monoisotopic (exact) mass is 492 g/mol. The summed E-state index contributed by atoms with van der Waals surface area (Å²) < 4.78 is 14.1. The molecule has 1 amide bonds. The van der Waals surface area contributed by atoms with E-state index < -0.39 is 0 Å². The summed E-state index contributed by atoms with van der Waals surface area (Å²) in [7, 11) is 0. The molecule has 0 aliphatic carbocycles. The van der Waals surface area contributed by atoms with E-state index in [-0.39, 0.29) is 11.7 Å². The summed E-state index contributed by atoms with van der Waals surface area (Å²) in [6.07, 6.45) is 0.455. The Balaban J connectivity index is 1.15. The van der Waals surface area contributed by atoms with Gasteiger partial charge in [0, 0.05) is 61.4 Å². The van der Waals surface area contributed by atoms with Gasteiger partial charge in [0.25, 0.3) is 0 Å². The Morgan fingerprint density at radius 3 is 2.69 bits per heavy atom. The lowest BCUT2D eigenvalue weighted by molar-refractivity contribution is -0.120. The Kier molecular flexibility index (Phi) is 7.88. The van der Waals surface area contributed by atoms with Crippen molar-refractivity contribution >= 4 is 56.0 Å². The van der Waals surface area contributed by atoms with Gasteiger partial charge in [-0.2, -0.15) is 0 Å². The highest BCUT2D eigenvalue weighted by Crippen LogP contribution is 2.33. The largest absolute Gasteiger partial charge is 0.355 e. The zero-order chi connectivity index (χ0) is 22.5. The number of nitrogens with one attached hydrogen (secondary N) is 1. The van der Waals surface area contributed by atoms with Crippen LogP contribution in [0.1, 0.15) is 12.0 Å². The lowest BCUT2D eigenvalue weighted by Crippen LogP contribution is -2.48. The van der Waals surface area contributed by atoms with Crippen LogP contribution in [0.2, 0.25) is 5.02 Å². The maximum absolute atomic E-state index is 12.9. The minimum atomic E-state index is -0.243. The summed E-state index contributed by atoms with van der Waals surface area (Å²) in [6, 6.07) is 10.3. The second-order valence-electron chi connectivity index (χ2n) is 7.75. The molecule has 1 aliphatic heterocycles. The maximum atomic E-state index is 12.9. The molecule has 1 aliphatic rings. The number of amides is 1. The summed E-state index contributed by atoms with van der Waals surface area (Å²) in [4.78, 5) is 22.6. The van der Waals surface area contributed by atoms with Crippen molar-refractivity contribution < 1.29 is 9.18 Å². The van der Waals surface area contributed by atoms with E-state index in [4.69, 9.17) is 16.6 Å². The Labute approximate surface area is 200 Å². The molecule has 1 fully saturated rings. The van der Waals surface area contributed by atoms with Crippen LogP contribution >= 0.6 is 34.7 Å². The molecule has 0 saturated carbocycles. The Morgan fingerprint density at radius 2 is 1.94 bits per heavy atom. The van der Waals surface area contributed by atoms with Crippen LogP contribution in [0, 0.1) is 12.7 Å². The fraction of sp³-hybridized carbons (Fsp3) is 0.391. The number of fused-ring (bicyclic) bond motifs is 1. The fourth-order valence-electron chi connectivity index (χ4n) is 3.62. The van der Waals surface area contributed by atoms with Crippen molar-refractivity contribution in [3.05, 3.63) is 52.8 Å². The SMILES string of the molecule is Cc1c(Cl)ccc2sc(N3CCN(CCNC(=O)CCSc4ccc(F)cc4)CC3)nc12. The Bertz CT molecular complexity index is 1070. The average molecular weight is 493 g/mol. The van der Waals surface area contributed by atoms with E-state index in [0.717, 1.165) is 58.9 Å². The molecule has 2 heterocycles. The van der Waals surface area contributed by atoms with E-state index in [1.807, 2.05) is 19.1 Å². The third-order valence-electron chi connectivity index (χ3n) is 5.54. The fourth-order valence-corrected chi connectivity index (χ4v) is 5.70. The van der Waals surface area contributed by atoms with E-state index in [1.54, 1.807) is 35.2 Å². The molecule has 0 bridgehead atoms. The highest BCUT2D eigenvalue weighted by Gasteiger charge is 2.20. The van der Waals surface area contributed by atoms with Crippen molar-refractivity contribution in [1.82, 2.24) is 15.2 Å². The number of anilines is 1. The molecule has 0 unspecified atom stereocenters. The number of hydrogen-bond donors (Lipinski definition) is 1. The highest BCUT2D eigenvalue weighted by molar-refractivity contribution is 7.99. The van der Waals surface area contributed by atoms with Gasteiger partial charge in [0.05, 0.1) is 10.2 Å². The highest BCUT2D eigenvalue weighted by atomic mass is 35.5. The maximum Gasteiger partial charge on any atom is 0.220 e. The number of piperazine rings is 1. The normalized spacial score (nSPS) is 14.8. The second-order valence-corrected chi connectivity index (χ2v) is 10.3. The minimum absolute atomic E-state index is 0.0572. The number of carbonyl (C=O) groups is 1. The third kappa shape index (κ3) is 5.92. The molecule has 5 nitrogen and oxygen atoms in total. The molecular weight excluding hydrogens is 467 g/mol. The molecule has 3 aromatic rings. The molecule has 1 saturated heterocycles. The average Bonchev–Trinajstić information content (AvgIpc) is 3.23. The van der Waals surface area contributed by atoms with Crippen molar-refractivity contribution in [2.45, 2.75) is 18.2 Å². The molecule has 0 atom stereocenters. The smallest absolute Gasteiger partial charge is 0.220 e. The summed E-state index contributed by atoms with van der Waals surface area (Å²) in [5.74, 6) is 0.498. The lowest BCUT2D eigenvalue weighted by atomic mass is 10.2. The first-order valence-corrected chi connectivity index (χ1v) is 12.9. The number of halogens is 2. The quantitative estimate of drug-likeness (QED) is 0.457. The van der Waals surface area contributed by atoms with Gasteiger partial charge in [-0.25, -0.2) is 9.37 Å². The van der Waals surface area contributed by atoms with Gasteiger partial charge in [-0.05, 0) is 48.9 Å². The first kappa shape index (κ1) is 23.3. The van der Waals surface area contributed by atoms with E-state index in [1.165, 1.54) is 16.8 Å². The molecule has 1 N–H and O–H groups in total. The number of thiazole rings is 1. The molecule has 170 valence electrons. The van der Waals surface area contributed by atoms with Gasteiger partial charge in [0.1, 0.15) is 5.82 Å². The number of aromatic nitrogens is 1. The Hall–Kier alpha value is -1.87. The van der Waals surface area contributed by atoms with Gasteiger partial charge in [0.15, 0.2) is 5.13 Å². The minimum Gasteiger partial charge on any atom is -0.355 e. The third-order valence-corrected chi connectivity index (χ3v) is 8.05. The van der Waals surface area contributed by atoms with Crippen LogP contribution in [-0.2, 0) is 4.79 Å². The number of carbonyl (C=O) groups excluding carboxylic acids is 1. The van der Waals surface area contributed by atoms with Crippen LogP contribution in [0.25, 0.3) is 10.2 Å². The summed E-state index contributed by atoms with van der Waals surface area (Å²) in [5.41, 5.74) is 2.04. The van der Waals surface area contributed by atoms with E-state index in [0.29, 0.717) is 18.7 Å². The summed E-state index contributed by atoms with van der Waals surface area (Å²) in [5, 5.41) is 4.82. The molecule has 9 heteroatoms. The molecule has 0 radical (unpaired) electrons. The van der Waals surface area contributed by atoms with Crippen molar-refractivity contribution in [3.8, 4) is 0 Å². The number of rotatable bonds is 8. The first-order valence-electron chi connectivity index (χ1n) is 10.7. The molecule has 1 aromatic heterocycles. The van der Waals surface area contributed by atoms with Crippen molar-refractivity contribution in [2.75, 3.05) is 49.9 Å². The molecular formula is C23H26ClFN4OS2. The summed E-state index contributed by atoms with van der Waals surface area (Å²) in [6.45, 7) is 7.27. The van der Waals surface area contributed by atoms with Crippen molar-refractivity contribution in [3.63, 3.8) is 0 Å². The van der Waals surface area contributed by atoms with Crippen molar-refractivity contribution in [1.29, 1.82) is 0 Å². The van der Waals surface area contributed by atoms with Crippen LogP contribution in [0.15, 0.2) is 41.3 Å². The molecule has 4 rings (SSSR count). The summed E-state index contributed by atoms with van der Waals surface area (Å²) >= 11 is 9.52. The lowest BCUT2D eigenvalue weighted by Gasteiger charge is -2.34. The van der Waals surface area contributed by atoms with Gasteiger partial charge in [-0.15, -0.1) is 11.8 Å².